The molecule has 0 fully saturated rings. The Morgan fingerprint density at radius 1 is 0.318 bits per heavy atom. The van der Waals surface area contributed by atoms with Crippen molar-refractivity contribution < 1.29 is 24.5 Å². The minimum Gasteiger partial charge on any atom is -0.466 e. The molecule has 0 aromatic carbocycles. The highest BCUT2D eigenvalue weighted by atomic mass is 16.5. The molecule has 0 rings (SSSR count). The van der Waals surface area contributed by atoms with E-state index in [1.54, 1.807) is 6.08 Å². The van der Waals surface area contributed by atoms with Gasteiger partial charge in [-0.15, -0.1) is 0 Å². The van der Waals surface area contributed by atoms with Gasteiger partial charge in [-0.25, -0.2) is 0 Å². The number of hydrogen-bond acceptors (Lipinski definition) is 5. The molecule has 85 heavy (non-hydrogen) atoms. The summed E-state index contributed by atoms with van der Waals surface area (Å²) >= 11 is 0. The minimum absolute atomic E-state index is 0.0150. The van der Waals surface area contributed by atoms with Crippen molar-refractivity contribution in [3.8, 4) is 0 Å². The molecule has 0 saturated carbocycles. The molecular formula is C79H153NO5. The van der Waals surface area contributed by atoms with Crippen LogP contribution in [-0.4, -0.2) is 47.4 Å². The fourth-order valence-electron chi connectivity index (χ4n) is 12.5. The normalized spacial score (nSPS) is 12.6. The average molecular weight is 1200 g/mol. The number of carbonyl (C=O) groups is 2. The summed E-state index contributed by atoms with van der Waals surface area (Å²) in [5.41, 5.74) is 0. The third-order valence-electron chi connectivity index (χ3n) is 18.5. The van der Waals surface area contributed by atoms with E-state index in [-0.39, 0.29) is 18.5 Å². The fraction of sp³-hybridized carbons (Fsp3) is 0.924. The monoisotopic (exact) mass is 1200 g/mol. The van der Waals surface area contributed by atoms with Crippen molar-refractivity contribution in [3.63, 3.8) is 0 Å². The maximum absolute atomic E-state index is 12.5. The third kappa shape index (κ3) is 71.3. The lowest BCUT2D eigenvalue weighted by Crippen LogP contribution is -2.45. The Bertz CT molecular complexity index is 1330. The summed E-state index contributed by atoms with van der Waals surface area (Å²) in [4.78, 5) is 24.6. The van der Waals surface area contributed by atoms with E-state index >= 15 is 0 Å². The number of aliphatic hydroxyl groups excluding tert-OH is 2. The number of rotatable bonds is 74. The molecule has 0 aliphatic heterocycles. The molecule has 3 N–H and O–H groups in total. The molecule has 0 radical (unpaired) electrons. The summed E-state index contributed by atoms with van der Waals surface area (Å²) in [5.74, 6) is -0.0439. The summed E-state index contributed by atoms with van der Waals surface area (Å²) in [5, 5.41) is 23.3. The van der Waals surface area contributed by atoms with E-state index in [4.69, 9.17) is 4.74 Å². The van der Waals surface area contributed by atoms with Crippen molar-refractivity contribution in [2.24, 2.45) is 0 Å². The number of ether oxygens (including phenoxy) is 1. The Balaban J connectivity index is 3.33. The van der Waals surface area contributed by atoms with E-state index in [0.29, 0.717) is 19.4 Å². The van der Waals surface area contributed by atoms with Crippen molar-refractivity contribution >= 4 is 11.9 Å². The number of allylic oxidation sites excluding steroid dienone is 3. The first-order valence-electron chi connectivity index (χ1n) is 39.1. The molecule has 6 heteroatoms. The number of hydrogen-bond donors (Lipinski definition) is 3. The van der Waals surface area contributed by atoms with Gasteiger partial charge in [0, 0.05) is 12.8 Å². The maximum Gasteiger partial charge on any atom is 0.305 e. The standard InChI is InChI=1S/C79H153NO5/c1-3-5-7-9-11-13-15-17-19-21-37-40-43-47-51-55-59-63-67-71-77(82)76(75-81)80-78(83)72-68-64-60-56-52-48-44-41-38-35-33-31-29-27-25-23-22-24-26-28-30-32-34-36-39-42-46-50-54-58-62-66-70-74-85-79(84)73-69-65-61-57-53-49-45-20-18-16-14-12-10-8-6-4-2/h20,45,67,71,76-77,81-82H,3-19,21-44,46-66,68-70,72-75H2,1-2H3,(H,80,83)/b45-20-,71-67+. The van der Waals surface area contributed by atoms with Gasteiger partial charge in [-0.05, 0) is 57.8 Å². The van der Waals surface area contributed by atoms with E-state index in [0.717, 1.165) is 44.9 Å². The Labute approximate surface area is 532 Å². The molecule has 0 aliphatic carbocycles. The topological polar surface area (TPSA) is 95.9 Å². The van der Waals surface area contributed by atoms with Crippen molar-refractivity contribution in [1.82, 2.24) is 5.32 Å². The zero-order valence-corrected chi connectivity index (χ0v) is 57.9. The van der Waals surface area contributed by atoms with Crippen LogP contribution in [0, 0.1) is 0 Å². The van der Waals surface area contributed by atoms with E-state index in [9.17, 15) is 19.8 Å². The number of esters is 1. The first kappa shape index (κ1) is 83.3. The zero-order valence-electron chi connectivity index (χ0n) is 57.9. The lowest BCUT2D eigenvalue weighted by molar-refractivity contribution is -0.143. The van der Waals surface area contributed by atoms with Gasteiger partial charge in [-0.1, -0.05) is 398 Å². The molecule has 2 unspecified atom stereocenters. The van der Waals surface area contributed by atoms with Gasteiger partial charge in [0.2, 0.25) is 5.91 Å². The summed E-state index contributed by atoms with van der Waals surface area (Å²) < 4.78 is 5.50. The first-order chi connectivity index (χ1) is 42.0. The highest BCUT2D eigenvalue weighted by molar-refractivity contribution is 5.76. The molecule has 504 valence electrons. The molecule has 0 aromatic rings. The van der Waals surface area contributed by atoms with Gasteiger partial charge in [0.1, 0.15) is 0 Å². The van der Waals surface area contributed by atoms with Crippen molar-refractivity contribution in [1.29, 1.82) is 0 Å². The van der Waals surface area contributed by atoms with Crippen LogP contribution in [0.2, 0.25) is 0 Å². The lowest BCUT2D eigenvalue weighted by Gasteiger charge is -2.20. The van der Waals surface area contributed by atoms with Gasteiger partial charge in [-0.2, -0.15) is 0 Å². The van der Waals surface area contributed by atoms with Gasteiger partial charge in [0.05, 0.1) is 25.4 Å². The van der Waals surface area contributed by atoms with Gasteiger partial charge >= 0.3 is 5.97 Å². The molecule has 2 atom stereocenters. The van der Waals surface area contributed by atoms with Crippen LogP contribution in [0.5, 0.6) is 0 Å². The third-order valence-corrected chi connectivity index (χ3v) is 18.5. The van der Waals surface area contributed by atoms with Crippen LogP contribution in [0.15, 0.2) is 24.3 Å². The van der Waals surface area contributed by atoms with E-state index in [2.05, 4.69) is 31.3 Å². The predicted molar refractivity (Wildman–Crippen MR) is 375 cm³/mol. The number of nitrogens with one attached hydrogen (secondary N) is 1. The second kappa shape index (κ2) is 74.8. The first-order valence-corrected chi connectivity index (χ1v) is 39.1. The van der Waals surface area contributed by atoms with Crippen LogP contribution in [0.4, 0.5) is 0 Å². The quantitative estimate of drug-likeness (QED) is 0.0320. The van der Waals surface area contributed by atoms with Crippen LogP contribution in [-0.2, 0) is 14.3 Å². The second-order valence-corrected chi connectivity index (χ2v) is 27.0. The van der Waals surface area contributed by atoms with Gasteiger partial charge in [0.15, 0.2) is 0 Å². The van der Waals surface area contributed by atoms with Crippen LogP contribution >= 0.6 is 0 Å². The van der Waals surface area contributed by atoms with Crippen LogP contribution in [0.3, 0.4) is 0 Å². The number of aliphatic hydroxyl groups is 2. The minimum atomic E-state index is -0.842. The molecular weight excluding hydrogens is 1040 g/mol. The summed E-state index contributed by atoms with van der Waals surface area (Å²) in [7, 11) is 0. The zero-order chi connectivity index (χ0) is 61.3. The highest BCUT2D eigenvalue weighted by Crippen LogP contribution is 2.20. The highest BCUT2D eigenvalue weighted by Gasteiger charge is 2.18. The fourth-order valence-corrected chi connectivity index (χ4v) is 12.5. The predicted octanol–water partition coefficient (Wildman–Crippen LogP) is 25.7. The van der Waals surface area contributed by atoms with Crippen LogP contribution < -0.4 is 5.32 Å². The van der Waals surface area contributed by atoms with Crippen LogP contribution in [0.25, 0.3) is 0 Å². The average Bonchev–Trinajstić information content (AvgIpc) is 3.51. The summed E-state index contributed by atoms with van der Waals surface area (Å²) in [6.07, 6.45) is 95.8. The Morgan fingerprint density at radius 3 is 0.835 bits per heavy atom. The number of amides is 1. The van der Waals surface area contributed by atoms with Crippen molar-refractivity contribution in [2.75, 3.05) is 13.2 Å². The number of carbonyl (C=O) groups excluding carboxylic acids is 2. The van der Waals surface area contributed by atoms with E-state index in [1.165, 1.54) is 372 Å². The molecule has 0 aliphatic rings. The van der Waals surface area contributed by atoms with Crippen molar-refractivity contribution in [2.45, 2.75) is 456 Å². The van der Waals surface area contributed by atoms with Crippen LogP contribution in [0.1, 0.15) is 444 Å². The van der Waals surface area contributed by atoms with Gasteiger partial charge in [-0.3, -0.25) is 9.59 Å². The molecule has 0 heterocycles. The molecule has 6 nitrogen and oxygen atoms in total. The molecule has 0 bridgehead atoms. The molecule has 0 aromatic heterocycles. The van der Waals surface area contributed by atoms with Crippen molar-refractivity contribution in [3.05, 3.63) is 24.3 Å². The van der Waals surface area contributed by atoms with Gasteiger partial charge < -0.3 is 20.3 Å². The van der Waals surface area contributed by atoms with Gasteiger partial charge in [0.25, 0.3) is 0 Å². The lowest BCUT2D eigenvalue weighted by atomic mass is 10.0. The SMILES string of the molecule is CCCCCCCCC/C=C\CCCCCCCC(=O)OCCCCCCCCCCCCCCCCCCCCCCCCCCCCCCCCCCCC(=O)NC(CO)C(O)/C=C/CCCCCCCCCCCCCCCCCCC. The largest absolute Gasteiger partial charge is 0.466 e. The molecule has 0 spiro atoms. The van der Waals surface area contributed by atoms with E-state index in [1.807, 2.05) is 6.08 Å². The molecule has 0 saturated heterocycles. The summed E-state index contributed by atoms with van der Waals surface area (Å²) in [6, 6.07) is -0.625. The smallest absolute Gasteiger partial charge is 0.305 e. The summed E-state index contributed by atoms with van der Waals surface area (Å²) in [6.45, 7) is 4.95. The Kier molecular flexibility index (Phi) is 73.3. The maximum atomic E-state index is 12.5. The number of unbranched alkanes of at least 4 members (excludes halogenated alkanes) is 61. The Hall–Kier alpha value is -1.66. The Morgan fingerprint density at radius 2 is 0.553 bits per heavy atom. The molecule has 1 amide bonds. The second-order valence-electron chi connectivity index (χ2n) is 27.0. The van der Waals surface area contributed by atoms with E-state index < -0.39 is 12.1 Å².